The minimum absolute atomic E-state index is 0.0813. The molecule has 1 heterocycles. The van der Waals surface area contributed by atoms with Crippen LogP contribution in [0, 0.1) is 0 Å². The normalized spacial score (nSPS) is 13.3. The van der Waals surface area contributed by atoms with E-state index < -0.39 is 9.84 Å². The zero-order valence-corrected chi connectivity index (χ0v) is 14.1. The first-order valence-corrected chi connectivity index (χ1v) is 9.04. The van der Waals surface area contributed by atoms with Gasteiger partial charge in [0.15, 0.2) is 0 Å². The van der Waals surface area contributed by atoms with Crippen molar-refractivity contribution in [2.45, 2.75) is 56.0 Å². The fourth-order valence-electron chi connectivity index (χ4n) is 2.56. The molecule has 0 spiro atoms. The molecular formula is C16H23N3O2S. The molecule has 1 aromatic heterocycles. The number of sulfone groups is 1. The Morgan fingerprint density at radius 2 is 1.82 bits per heavy atom. The SMILES string of the molecule is CCc1nn(C[C@H](C)N)c(CC)c1S(=O)(=O)c1ccccc1. The first-order chi connectivity index (χ1) is 10.4. The van der Waals surface area contributed by atoms with E-state index in [4.69, 9.17) is 5.73 Å². The van der Waals surface area contributed by atoms with Crippen molar-refractivity contribution >= 4 is 9.84 Å². The summed E-state index contributed by atoms with van der Waals surface area (Å²) in [6, 6.07) is 8.43. The van der Waals surface area contributed by atoms with Gasteiger partial charge in [-0.3, -0.25) is 4.68 Å². The molecule has 6 heteroatoms. The minimum atomic E-state index is -3.56. The lowest BCUT2D eigenvalue weighted by atomic mass is 10.2. The van der Waals surface area contributed by atoms with Crippen LogP contribution >= 0.6 is 0 Å². The predicted octanol–water partition coefficient (Wildman–Crippen LogP) is 2.19. The van der Waals surface area contributed by atoms with Gasteiger partial charge in [-0.1, -0.05) is 32.0 Å². The number of benzene rings is 1. The number of hydrogen-bond donors (Lipinski definition) is 1. The van der Waals surface area contributed by atoms with Crippen molar-refractivity contribution < 1.29 is 8.42 Å². The molecule has 5 nitrogen and oxygen atoms in total. The molecule has 1 aromatic carbocycles. The average molecular weight is 321 g/mol. The van der Waals surface area contributed by atoms with E-state index in [2.05, 4.69) is 5.10 Å². The first-order valence-electron chi connectivity index (χ1n) is 7.56. The second-order valence-electron chi connectivity index (χ2n) is 5.41. The van der Waals surface area contributed by atoms with Gasteiger partial charge in [0.25, 0.3) is 0 Å². The molecule has 0 bridgehead atoms. The molecule has 22 heavy (non-hydrogen) atoms. The lowest BCUT2D eigenvalue weighted by Gasteiger charge is -2.10. The Morgan fingerprint density at radius 3 is 2.32 bits per heavy atom. The molecule has 2 N–H and O–H groups in total. The van der Waals surface area contributed by atoms with Crippen LogP contribution in [0.4, 0.5) is 0 Å². The van der Waals surface area contributed by atoms with E-state index in [0.29, 0.717) is 34.9 Å². The fourth-order valence-corrected chi connectivity index (χ4v) is 4.37. The monoisotopic (exact) mass is 321 g/mol. The summed E-state index contributed by atoms with van der Waals surface area (Å²) >= 11 is 0. The van der Waals surface area contributed by atoms with Crippen molar-refractivity contribution in [3.8, 4) is 0 Å². The highest BCUT2D eigenvalue weighted by Crippen LogP contribution is 2.28. The zero-order chi connectivity index (χ0) is 16.3. The molecule has 0 saturated heterocycles. The second-order valence-corrected chi connectivity index (χ2v) is 7.29. The standard InChI is InChI=1S/C16H23N3O2S/c1-4-14-16(15(5-2)19(18-14)11-12(3)17)22(20,21)13-9-7-6-8-10-13/h6-10,12H,4-5,11,17H2,1-3H3/t12-/m0/s1. The van der Waals surface area contributed by atoms with Crippen LogP contribution < -0.4 is 5.73 Å². The van der Waals surface area contributed by atoms with Crippen LogP contribution in [0.1, 0.15) is 32.2 Å². The molecule has 0 aliphatic rings. The number of nitrogens with zero attached hydrogens (tertiary/aromatic N) is 2. The molecule has 0 unspecified atom stereocenters. The summed E-state index contributed by atoms with van der Waals surface area (Å²) in [5.41, 5.74) is 7.21. The molecule has 0 saturated carbocycles. The molecule has 1 atom stereocenters. The summed E-state index contributed by atoms with van der Waals surface area (Å²) in [6.07, 6.45) is 1.17. The number of nitrogens with two attached hydrogens (primary N) is 1. The van der Waals surface area contributed by atoms with Gasteiger partial charge >= 0.3 is 0 Å². The van der Waals surface area contributed by atoms with Gasteiger partial charge in [-0.15, -0.1) is 0 Å². The summed E-state index contributed by atoms with van der Waals surface area (Å²) in [5, 5.41) is 4.49. The Bertz CT molecular complexity index is 734. The van der Waals surface area contributed by atoms with E-state index >= 15 is 0 Å². The Labute approximate surface area is 132 Å². The molecular weight excluding hydrogens is 298 g/mol. The lowest BCUT2D eigenvalue weighted by molar-refractivity contribution is 0.515. The lowest BCUT2D eigenvalue weighted by Crippen LogP contribution is -2.24. The molecule has 2 rings (SSSR count). The Morgan fingerprint density at radius 1 is 1.18 bits per heavy atom. The van der Waals surface area contributed by atoms with E-state index in [0.717, 1.165) is 5.69 Å². The fraction of sp³-hybridized carbons (Fsp3) is 0.438. The third-order valence-electron chi connectivity index (χ3n) is 3.53. The van der Waals surface area contributed by atoms with Gasteiger partial charge < -0.3 is 5.73 Å². The smallest absolute Gasteiger partial charge is 0.210 e. The highest BCUT2D eigenvalue weighted by molar-refractivity contribution is 7.91. The number of hydrogen-bond acceptors (Lipinski definition) is 4. The predicted molar refractivity (Wildman–Crippen MR) is 86.5 cm³/mol. The van der Waals surface area contributed by atoms with Gasteiger partial charge in [0.2, 0.25) is 9.84 Å². The molecule has 0 amide bonds. The van der Waals surface area contributed by atoms with Crippen molar-refractivity contribution in [3.05, 3.63) is 41.7 Å². The molecule has 0 radical (unpaired) electrons. The summed E-state index contributed by atoms with van der Waals surface area (Å²) < 4.78 is 27.8. The molecule has 0 aliphatic carbocycles. The van der Waals surface area contributed by atoms with Gasteiger partial charge in [0.1, 0.15) is 4.90 Å². The van der Waals surface area contributed by atoms with Gasteiger partial charge in [0, 0.05) is 6.04 Å². The van der Waals surface area contributed by atoms with Gasteiger partial charge in [-0.05, 0) is 31.9 Å². The average Bonchev–Trinajstić information content (AvgIpc) is 2.85. The topological polar surface area (TPSA) is 78.0 Å². The number of aromatic nitrogens is 2. The third-order valence-corrected chi connectivity index (χ3v) is 5.43. The summed E-state index contributed by atoms with van der Waals surface area (Å²) in [5.74, 6) is 0. The van der Waals surface area contributed by atoms with Crippen LogP contribution in [0.3, 0.4) is 0 Å². The molecule has 2 aromatic rings. The van der Waals surface area contributed by atoms with E-state index in [9.17, 15) is 8.42 Å². The second kappa shape index (κ2) is 6.62. The Hall–Kier alpha value is -1.66. The number of rotatable bonds is 6. The van der Waals surface area contributed by atoms with Crippen LogP contribution in [0.25, 0.3) is 0 Å². The van der Waals surface area contributed by atoms with Crippen molar-refractivity contribution in [2.75, 3.05) is 0 Å². The highest BCUT2D eigenvalue weighted by atomic mass is 32.2. The highest BCUT2D eigenvalue weighted by Gasteiger charge is 2.28. The molecule has 0 aliphatic heterocycles. The van der Waals surface area contributed by atoms with Crippen LogP contribution in [0.15, 0.2) is 40.1 Å². The minimum Gasteiger partial charge on any atom is -0.326 e. The van der Waals surface area contributed by atoms with Crippen LogP contribution in [0.5, 0.6) is 0 Å². The largest absolute Gasteiger partial charge is 0.326 e. The summed E-state index contributed by atoms with van der Waals surface area (Å²) in [7, 11) is -3.56. The first kappa shape index (κ1) is 16.7. The Kier molecular flexibility index (Phi) is 5.03. The maximum absolute atomic E-state index is 13.0. The van der Waals surface area contributed by atoms with E-state index in [-0.39, 0.29) is 6.04 Å². The summed E-state index contributed by atoms with van der Waals surface area (Å²) in [6.45, 7) is 6.26. The van der Waals surface area contributed by atoms with Crippen LogP contribution in [-0.4, -0.2) is 24.2 Å². The van der Waals surface area contributed by atoms with Gasteiger partial charge in [-0.25, -0.2) is 8.42 Å². The molecule has 120 valence electrons. The van der Waals surface area contributed by atoms with Crippen molar-refractivity contribution in [3.63, 3.8) is 0 Å². The van der Waals surface area contributed by atoms with Crippen molar-refractivity contribution in [1.29, 1.82) is 0 Å². The molecule has 0 fully saturated rings. The van der Waals surface area contributed by atoms with E-state index in [1.54, 1.807) is 35.0 Å². The number of aryl methyl sites for hydroxylation is 1. The van der Waals surface area contributed by atoms with E-state index in [1.165, 1.54) is 0 Å². The zero-order valence-electron chi connectivity index (χ0n) is 13.3. The van der Waals surface area contributed by atoms with Crippen LogP contribution in [-0.2, 0) is 29.2 Å². The van der Waals surface area contributed by atoms with Crippen LogP contribution in [0.2, 0.25) is 0 Å². The quantitative estimate of drug-likeness (QED) is 0.884. The third kappa shape index (κ3) is 3.08. The maximum Gasteiger partial charge on any atom is 0.210 e. The van der Waals surface area contributed by atoms with Crippen molar-refractivity contribution in [2.24, 2.45) is 5.73 Å². The Balaban J connectivity index is 2.66. The summed E-state index contributed by atoms with van der Waals surface area (Å²) in [4.78, 5) is 0.657. The van der Waals surface area contributed by atoms with Gasteiger partial charge in [0.05, 0.1) is 22.8 Å². The van der Waals surface area contributed by atoms with E-state index in [1.807, 2.05) is 20.8 Å². The van der Waals surface area contributed by atoms with Gasteiger partial charge in [-0.2, -0.15) is 5.10 Å². The maximum atomic E-state index is 13.0. The van der Waals surface area contributed by atoms with Crippen molar-refractivity contribution in [1.82, 2.24) is 9.78 Å².